The second kappa shape index (κ2) is 30.5. The molecule has 4 heteroatoms. The Morgan fingerprint density at radius 2 is 0.590 bits per heavy atom. The zero-order valence-electron chi connectivity index (χ0n) is 27.1. The summed E-state index contributed by atoms with van der Waals surface area (Å²) in [5.74, 6) is 0.269. The van der Waals surface area contributed by atoms with E-state index in [0.717, 1.165) is 25.7 Å². The van der Waals surface area contributed by atoms with E-state index in [0.29, 0.717) is 19.4 Å². The van der Waals surface area contributed by atoms with E-state index in [9.17, 15) is 9.59 Å². The van der Waals surface area contributed by atoms with E-state index < -0.39 is 0 Å². The van der Waals surface area contributed by atoms with Crippen molar-refractivity contribution in [1.82, 2.24) is 0 Å². The van der Waals surface area contributed by atoms with Gasteiger partial charge in [0.05, 0.1) is 26.4 Å². The van der Waals surface area contributed by atoms with E-state index in [1.807, 2.05) is 14.0 Å². The van der Waals surface area contributed by atoms with Crippen LogP contribution in [0.15, 0.2) is 0 Å². The fourth-order valence-corrected chi connectivity index (χ4v) is 5.57. The lowest BCUT2D eigenvalue weighted by Gasteiger charge is -2.27. The first-order valence-corrected chi connectivity index (χ1v) is 17.4. The number of nitrogens with zero attached hydrogens (tertiary/aromatic N) is 1. The van der Waals surface area contributed by atoms with Crippen LogP contribution in [0, 0.1) is 0 Å². The van der Waals surface area contributed by atoms with E-state index in [1.165, 1.54) is 141 Å². The van der Waals surface area contributed by atoms with Gasteiger partial charge >= 0.3 is 11.8 Å². The largest absolute Gasteiger partial charge is 1.00 e. The zero-order valence-corrected chi connectivity index (χ0v) is 27.9. The summed E-state index contributed by atoms with van der Waals surface area (Å²) >= 11 is 0. The van der Waals surface area contributed by atoms with Crippen molar-refractivity contribution in [3.63, 3.8) is 0 Å². The van der Waals surface area contributed by atoms with Crippen molar-refractivity contribution >= 4 is 11.8 Å². The van der Waals surface area contributed by atoms with Crippen LogP contribution in [0.25, 0.3) is 0 Å². The van der Waals surface area contributed by atoms with Gasteiger partial charge in [0.2, 0.25) is 0 Å². The average molecular weight is 572 g/mol. The fourth-order valence-electron chi connectivity index (χ4n) is 5.57. The smallest absolute Gasteiger partial charge is 0.320 e. The molecule has 0 unspecified atom stereocenters. The summed E-state index contributed by atoms with van der Waals surface area (Å²) in [4.78, 5) is 25.8. The summed E-state index contributed by atoms with van der Waals surface area (Å²) in [6.07, 6.45) is 35.2. The third-order valence-electron chi connectivity index (χ3n) is 8.72. The Balaban J connectivity index is 0. The second-order valence-corrected chi connectivity index (χ2v) is 12.3. The molecule has 0 saturated heterocycles. The number of hydrogen-bond donors (Lipinski definition) is 0. The Morgan fingerprint density at radius 1 is 0.385 bits per heavy atom. The lowest BCUT2D eigenvalue weighted by atomic mass is 10.0. The van der Waals surface area contributed by atoms with Gasteiger partial charge in [0, 0.05) is 0 Å². The average Bonchev–Trinajstić information content (AvgIpc) is 2.93. The van der Waals surface area contributed by atoms with E-state index >= 15 is 0 Å². The van der Waals surface area contributed by atoms with Crippen LogP contribution < -0.4 is 12.4 Å². The number of carbonyl (C=O) groups is 2. The molecule has 234 valence electrons. The fraction of sp³-hybridized carbons (Fsp3) is 0.943. The molecule has 3 nitrogen and oxygen atoms in total. The van der Waals surface area contributed by atoms with Crippen molar-refractivity contribution in [2.24, 2.45) is 0 Å². The van der Waals surface area contributed by atoms with E-state index in [2.05, 4.69) is 13.8 Å². The minimum atomic E-state index is 0. The van der Waals surface area contributed by atoms with Crippen LogP contribution in [0.1, 0.15) is 201 Å². The standard InChI is InChI=1S/C35H70NO2.ClH/c1-5-8-10-12-14-16-18-20-22-24-26-28-30-32-34(37)36(4,7-3)35(38)33-31-29-27-25-23-21-19-17-15-13-11-9-6-2;/h5-33H2,1-4H3;1H/q+1;/p-1. The molecular formula is C35H70ClNO2. The van der Waals surface area contributed by atoms with Crippen molar-refractivity contribution < 1.29 is 26.5 Å². The molecule has 0 aromatic heterocycles. The number of hydrogen-bond acceptors (Lipinski definition) is 2. The van der Waals surface area contributed by atoms with Gasteiger partial charge < -0.3 is 12.4 Å². The van der Waals surface area contributed by atoms with Crippen LogP contribution in [-0.2, 0) is 9.59 Å². The molecule has 0 aliphatic carbocycles. The highest BCUT2D eigenvalue weighted by Crippen LogP contribution is 2.18. The molecule has 0 aromatic carbocycles. The third-order valence-corrected chi connectivity index (χ3v) is 8.72. The zero-order chi connectivity index (χ0) is 28.2. The molecule has 0 bridgehead atoms. The van der Waals surface area contributed by atoms with Crippen LogP contribution in [0.3, 0.4) is 0 Å². The summed E-state index contributed by atoms with van der Waals surface area (Å²) in [5.41, 5.74) is 0. The van der Waals surface area contributed by atoms with Crippen LogP contribution in [0.5, 0.6) is 0 Å². The molecule has 39 heavy (non-hydrogen) atoms. The maximum absolute atomic E-state index is 12.9. The molecular weight excluding hydrogens is 502 g/mol. The SMILES string of the molecule is CCCCCCCCCCCCCCCC(=O)[N+](C)(CC)C(=O)CCCCCCCCCCCCCCC.[Cl-]. The Bertz CT molecular complexity index is 495. The first-order chi connectivity index (χ1) is 18.5. The molecule has 0 aromatic rings. The van der Waals surface area contributed by atoms with Crippen molar-refractivity contribution in [2.75, 3.05) is 13.6 Å². The Hall–Kier alpha value is -0.410. The summed E-state index contributed by atoms with van der Waals surface area (Å²) in [6.45, 7) is 7.13. The van der Waals surface area contributed by atoms with Gasteiger partial charge in [-0.05, 0) is 19.8 Å². The molecule has 0 fully saturated rings. The van der Waals surface area contributed by atoms with Crippen molar-refractivity contribution in [3.05, 3.63) is 0 Å². The molecule has 0 aliphatic heterocycles. The van der Waals surface area contributed by atoms with Crippen LogP contribution in [-0.4, -0.2) is 29.9 Å². The molecule has 0 spiro atoms. The summed E-state index contributed by atoms with van der Waals surface area (Å²) < 4.78 is 0.0104. The minimum absolute atomic E-state index is 0. The highest BCUT2D eigenvalue weighted by atomic mass is 35.5. The maximum Gasteiger partial charge on any atom is 0.320 e. The third kappa shape index (κ3) is 23.9. The Labute approximate surface area is 252 Å². The van der Waals surface area contributed by atoms with Gasteiger partial charge in [-0.15, -0.1) is 0 Å². The molecule has 2 amide bonds. The maximum atomic E-state index is 12.9. The number of rotatable bonds is 29. The van der Waals surface area contributed by atoms with Crippen molar-refractivity contribution in [2.45, 2.75) is 201 Å². The summed E-state index contributed by atoms with van der Waals surface area (Å²) in [5, 5.41) is 0. The summed E-state index contributed by atoms with van der Waals surface area (Å²) in [7, 11) is 1.86. The van der Waals surface area contributed by atoms with Crippen molar-refractivity contribution in [1.29, 1.82) is 0 Å². The van der Waals surface area contributed by atoms with Gasteiger partial charge in [-0.3, -0.25) is 0 Å². The van der Waals surface area contributed by atoms with Crippen molar-refractivity contribution in [3.8, 4) is 0 Å². The first-order valence-electron chi connectivity index (χ1n) is 17.4. The number of imide groups is 1. The Kier molecular flexibility index (Phi) is 31.9. The van der Waals surface area contributed by atoms with Gasteiger partial charge in [0.1, 0.15) is 0 Å². The highest BCUT2D eigenvalue weighted by Gasteiger charge is 2.36. The molecule has 0 rings (SSSR count). The number of carbonyl (C=O) groups excluding carboxylic acids is 2. The minimum Gasteiger partial charge on any atom is -1.00 e. The normalized spacial score (nSPS) is 11.5. The number of unbranched alkanes of at least 4 members (excludes halogenated alkanes) is 24. The van der Waals surface area contributed by atoms with Crippen LogP contribution >= 0.6 is 0 Å². The molecule has 0 saturated carbocycles. The predicted octanol–water partition coefficient (Wildman–Crippen LogP) is 8.47. The van der Waals surface area contributed by atoms with Gasteiger partial charge in [0.25, 0.3) is 0 Å². The van der Waals surface area contributed by atoms with Gasteiger partial charge in [0.15, 0.2) is 0 Å². The van der Waals surface area contributed by atoms with E-state index in [-0.39, 0.29) is 28.7 Å². The van der Waals surface area contributed by atoms with E-state index in [1.54, 1.807) is 0 Å². The number of halogens is 1. The van der Waals surface area contributed by atoms with Crippen LogP contribution in [0.4, 0.5) is 0 Å². The molecule has 0 N–H and O–H groups in total. The molecule has 0 radical (unpaired) electrons. The lowest BCUT2D eigenvalue weighted by Crippen LogP contribution is -3.00. The quantitative estimate of drug-likeness (QED) is 0.0666. The molecule has 0 atom stereocenters. The van der Waals surface area contributed by atoms with Gasteiger partial charge in [-0.2, -0.15) is 0 Å². The van der Waals surface area contributed by atoms with Gasteiger partial charge in [-0.1, -0.05) is 168 Å². The lowest BCUT2D eigenvalue weighted by molar-refractivity contribution is -0.756. The summed E-state index contributed by atoms with van der Waals surface area (Å²) in [6, 6.07) is 0. The molecule has 0 aliphatic rings. The predicted molar refractivity (Wildman–Crippen MR) is 167 cm³/mol. The van der Waals surface area contributed by atoms with Gasteiger partial charge in [-0.25, -0.2) is 14.1 Å². The van der Waals surface area contributed by atoms with E-state index in [4.69, 9.17) is 0 Å². The molecule has 0 heterocycles. The Morgan fingerprint density at radius 3 is 0.795 bits per heavy atom. The van der Waals surface area contributed by atoms with Crippen LogP contribution in [0.2, 0.25) is 0 Å². The highest BCUT2D eigenvalue weighted by molar-refractivity contribution is 5.84. The first kappa shape index (κ1) is 40.7. The second-order valence-electron chi connectivity index (χ2n) is 12.3. The number of quaternary nitrogens is 1. The number of amides is 2. The monoisotopic (exact) mass is 572 g/mol. The topological polar surface area (TPSA) is 34.1 Å².